The van der Waals surface area contributed by atoms with Crippen LogP contribution in [0.5, 0.6) is 0 Å². The first-order valence-electron chi connectivity index (χ1n) is 3.96. The second-order valence-corrected chi connectivity index (χ2v) is 2.89. The van der Waals surface area contributed by atoms with Crippen molar-refractivity contribution in [2.45, 2.75) is 19.6 Å². The zero-order valence-electron chi connectivity index (χ0n) is 6.91. The van der Waals surface area contributed by atoms with Gasteiger partial charge in [0.25, 0.3) is 0 Å². The van der Waals surface area contributed by atoms with E-state index in [1.165, 1.54) is 0 Å². The predicted molar refractivity (Wildman–Crippen MR) is 40.5 cm³/mol. The molecule has 0 spiro atoms. The Hall–Kier alpha value is -0.940. The lowest BCUT2D eigenvalue weighted by Crippen LogP contribution is -2.48. The Kier molecular flexibility index (Phi) is 2.05. The van der Waals surface area contributed by atoms with Crippen molar-refractivity contribution in [3.63, 3.8) is 0 Å². The van der Waals surface area contributed by atoms with Gasteiger partial charge in [-0.25, -0.2) is 4.63 Å². The summed E-state index contributed by atoms with van der Waals surface area (Å²) in [5.41, 5.74) is 1.60. The molecule has 1 aromatic heterocycles. The molecule has 0 saturated carbocycles. The Morgan fingerprint density at radius 3 is 2.92 bits per heavy atom. The smallest absolute Gasteiger partial charge is 0.133 e. The molecule has 2 heterocycles. The van der Waals surface area contributed by atoms with Crippen LogP contribution in [0, 0.1) is 6.92 Å². The molecule has 0 atom stereocenters. The molecular weight excluding hydrogens is 158 g/mol. The molecule has 0 radical (unpaired) electrons. The topological polar surface area (TPSA) is 60.2 Å². The van der Waals surface area contributed by atoms with Gasteiger partial charge in [0.1, 0.15) is 11.4 Å². The Morgan fingerprint density at radius 1 is 1.58 bits per heavy atom. The maximum absolute atomic E-state index is 5.48. The summed E-state index contributed by atoms with van der Waals surface area (Å²) >= 11 is 0. The first-order valence-corrected chi connectivity index (χ1v) is 3.96. The van der Waals surface area contributed by atoms with Gasteiger partial charge in [0, 0.05) is 13.1 Å². The lowest BCUT2D eigenvalue weighted by Gasteiger charge is -2.26. The van der Waals surface area contributed by atoms with Crippen molar-refractivity contribution in [1.82, 2.24) is 15.6 Å². The molecule has 2 rings (SSSR count). The van der Waals surface area contributed by atoms with Crippen LogP contribution in [0.4, 0.5) is 0 Å². The normalized spacial score (nSPS) is 17.8. The molecule has 0 bridgehead atoms. The van der Waals surface area contributed by atoms with Gasteiger partial charge in [-0.2, -0.15) is 0 Å². The Labute approximate surface area is 70.1 Å². The van der Waals surface area contributed by atoms with Crippen LogP contribution in [0.1, 0.15) is 11.4 Å². The fourth-order valence-electron chi connectivity index (χ4n) is 0.957. The van der Waals surface area contributed by atoms with Crippen molar-refractivity contribution in [3.8, 4) is 0 Å². The highest BCUT2D eigenvalue weighted by molar-refractivity contribution is 5.02. The van der Waals surface area contributed by atoms with Crippen LogP contribution < -0.4 is 5.32 Å². The van der Waals surface area contributed by atoms with Crippen molar-refractivity contribution >= 4 is 0 Å². The minimum Gasteiger partial charge on any atom is -0.369 e. The number of ether oxygens (including phenoxy) is 1. The highest BCUT2D eigenvalue weighted by Gasteiger charge is 2.18. The summed E-state index contributed by atoms with van der Waals surface area (Å²) in [5, 5.41) is 10.5. The molecule has 1 aromatic rings. The van der Waals surface area contributed by atoms with E-state index in [4.69, 9.17) is 4.74 Å². The van der Waals surface area contributed by atoms with Crippen molar-refractivity contribution in [2.24, 2.45) is 0 Å². The van der Waals surface area contributed by atoms with Crippen LogP contribution in [0.3, 0.4) is 0 Å². The number of nitrogens with zero attached hydrogens (tertiary/aromatic N) is 2. The lowest BCUT2D eigenvalue weighted by atomic mass is 10.2. The summed E-state index contributed by atoms with van der Waals surface area (Å²) in [6, 6.07) is 0. The van der Waals surface area contributed by atoms with Crippen molar-refractivity contribution < 1.29 is 9.37 Å². The minimum atomic E-state index is 0.334. The summed E-state index contributed by atoms with van der Waals surface area (Å²) in [4.78, 5) is 0. The number of nitrogens with one attached hydrogen (secondary N) is 1. The highest BCUT2D eigenvalue weighted by Crippen LogP contribution is 2.06. The third kappa shape index (κ3) is 1.46. The molecule has 66 valence electrons. The van der Waals surface area contributed by atoms with Gasteiger partial charge in [-0.05, 0) is 6.92 Å². The summed E-state index contributed by atoms with van der Waals surface area (Å²) < 4.78 is 10.0. The number of hydrogen-bond donors (Lipinski definition) is 1. The van der Waals surface area contributed by atoms with Gasteiger partial charge in [-0.1, -0.05) is 10.3 Å². The zero-order valence-corrected chi connectivity index (χ0v) is 6.91. The Balaban J connectivity index is 1.82. The van der Waals surface area contributed by atoms with Crippen molar-refractivity contribution in [1.29, 1.82) is 0 Å². The number of aryl methyl sites for hydroxylation is 1. The quantitative estimate of drug-likeness (QED) is 0.682. The van der Waals surface area contributed by atoms with Crippen molar-refractivity contribution in [2.75, 3.05) is 13.1 Å². The molecule has 1 saturated heterocycles. The second-order valence-electron chi connectivity index (χ2n) is 2.89. The third-order valence-electron chi connectivity index (χ3n) is 1.95. The number of rotatable bonds is 3. The molecular formula is C7H11N3O2. The van der Waals surface area contributed by atoms with Gasteiger partial charge < -0.3 is 10.1 Å². The van der Waals surface area contributed by atoms with E-state index >= 15 is 0 Å². The van der Waals surface area contributed by atoms with Gasteiger partial charge in [0.05, 0.1) is 12.7 Å². The second kappa shape index (κ2) is 3.20. The van der Waals surface area contributed by atoms with Gasteiger partial charge in [-0.3, -0.25) is 0 Å². The standard InChI is InChI=1S/C7H11N3O2/c1-5-7(10-12-9-5)4-11-6-2-8-3-6/h6,8H,2-4H2,1H3. The van der Waals surface area contributed by atoms with Gasteiger partial charge in [-0.15, -0.1) is 0 Å². The van der Waals surface area contributed by atoms with E-state index in [-0.39, 0.29) is 0 Å². The van der Waals surface area contributed by atoms with E-state index in [9.17, 15) is 0 Å². The van der Waals surface area contributed by atoms with Gasteiger partial charge in [0.15, 0.2) is 0 Å². The minimum absolute atomic E-state index is 0.334. The van der Waals surface area contributed by atoms with Gasteiger partial charge in [0.2, 0.25) is 0 Å². The fourth-order valence-corrected chi connectivity index (χ4v) is 0.957. The first-order chi connectivity index (χ1) is 5.86. The van der Waals surface area contributed by atoms with Crippen LogP contribution in [-0.4, -0.2) is 29.5 Å². The van der Waals surface area contributed by atoms with E-state index in [0.717, 1.165) is 24.5 Å². The molecule has 1 N–H and O–H groups in total. The first kappa shape index (κ1) is 7.70. The van der Waals surface area contributed by atoms with E-state index in [1.54, 1.807) is 0 Å². The zero-order chi connectivity index (χ0) is 8.39. The molecule has 5 heteroatoms. The highest BCUT2D eigenvalue weighted by atomic mass is 16.6. The number of aromatic nitrogens is 2. The Bertz CT molecular complexity index is 257. The Morgan fingerprint density at radius 2 is 2.42 bits per heavy atom. The third-order valence-corrected chi connectivity index (χ3v) is 1.95. The number of hydrogen-bond acceptors (Lipinski definition) is 5. The molecule has 0 aromatic carbocycles. The molecule has 5 nitrogen and oxygen atoms in total. The maximum atomic E-state index is 5.48. The van der Waals surface area contributed by atoms with Crippen LogP contribution >= 0.6 is 0 Å². The van der Waals surface area contributed by atoms with Crippen molar-refractivity contribution in [3.05, 3.63) is 11.4 Å². The van der Waals surface area contributed by atoms with E-state index in [2.05, 4.69) is 20.3 Å². The van der Waals surface area contributed by atoms with E-state index < -0.39 is 0 Å². The summed E-state index contributed by atoms with van der Waals surface area (Å²) in [7, 11) is 0. The van der Waals surface area contributed by atoms with Crippen LogP contribution in [0.2, 0.25) is 0 Å². The largest absolute Gasteiger partial charge is 0.369 e. The average molecular weight is 169 g/mol. The predicted octanol–water partition coefficient (Wildman–Crippen LogP) is -0.134. The van der Waals surface area contributed by atoms with Gasteiger partial charge >= 0.3 is 0 Å². The molecule has 0 unspecified atom stereocenters. The van der Waals surface area contributed by atoms with Crippen LogP contribution in [0.25, 0.3) is 0 Å². The molecule has 0 aliphatic carbocycles. The molecule has 1 aliphatic heterocycles. The van der Waals surface area contributed by atoms with E-state index in [0.29, 0.717) is 12.7 Å². The monoisotopic (exact) mass is 169 g/mol. The summed E-state index contributed by atoms with van der Waals surface area (Å²) in [5.74, 6) is 0. The fraction of sp³-hybridized carbons (Fsp3) is 0.714. The van der Waals surface area contributed by atoms with Crippen LogP contribution in [-0.2, 0) is 11.3 Å². The SMILES string of the molecule is Cc1nonc1COC1CNC1. The molecule has 1 fully saturated rings. The maximum Gasteiger partial charge on any atom is 0.133 e. The summed E-state index contributed by atoms with van der Waals surface area (Å²) in [6.07, 6.45) is 0.334. The molecule has 1 aliphatic rings. The molecule has 0 amide bonds. The van der Waals surface area contributed by atoms with E-state index in [1.807, 2.05) is 6.92 Å². The average Bonchev–Trinajstić information content (AvgIpc) is 2.33. The van der Waals surface area contributed by atoms with Crippen LogP contribution in [0.15, 0.2) is 4.63 Å². The lowest BCUT2D eigenvalue weighted by molar-refractivity contribution is 0.00480. The summed E-state index contributed by atoms with van der Waals surface area (Å²) in [6.45, 7) is 4.23. The molecule has 12 heavy (non-hydrogen) atoms.